The Morgan fingerprint density at radius 3 is 3.14 bits per heavy atom. The Hall–Kier alpha value is -1.22. The lowest BCUT2D eigenvalue weighted by atomic mass is 10.6. The van der Waals surface area contributed by atoms with Crippen molar-refractivity contribution in [3.05, 3.63) is 23.0 Å². The smallest absolute Gasteiger partial charge is 0.277 e. The fraction of sp³-hybridized carbons (Fsp3) is 0.375. The van der Waals surface area contributed by atoms with E-state index in [-0.39, 0.29) is 5.56 Å². The predicted molar refractivity (Wildman–Crippen MR) is 54.9 cm³/mol. The van der Waals surface area contributed by atoms with Crippen LogP contribution in [0.2, 0.25) is 0 Å². The SMILES string of the molecule is O=c1[nH]cnc2ncn(PC3CC3)c12. The standard InChI is InChI=1S/C8H9N4OP/c13-8-6-7(9-3-10-8)11-4-12(6)14-5-1-2-5/h3-5,14H,1-2H2,(H,9,10,13). The van der Waals surface area contributed by atoms with Gasteiger partial charge in [-0.2, -0.15) is 0 Å². The second-order valence-corrected chi connectivity index (χ2v) is 4.98. The molecule has 6 heteroatoms. The Bertz CT molecular complexity index is 527. The monoisotopic (exact) mass is 208 g/mol. The lowest BCUT2D eigenvalue weighted by Gasteiger charge is -1.99. The molecule has 0 saturated heterocycles. The van der Waals surface area contributed by atoms with Gasteiger partial charge in [-0.3, -0.25) is 4.79 Å². The summed E-state index contributed by atoms with van der Waals surface area (Å²) in [6, 6.07) is 0. The van der Waals surface area contributed by atoms with Crippen molar-refractivity contribution in [3.8, 4) is 0 Å². The van der Waals surface area contributed by atoms with E-state index in [4.69, 9.17) is 0 Å². The Kier molecular flexibility index (Phi) is 1.67. The lowest BCUT2D eigenvalue weighted by Crippen LogP contribution is -2.08. The first kappa shape index (κ1) is 8.12. The van der Waals surface area contributed by atoms with Gasteiger partial charge in [-0.15, -0.1) is 0 Å². The van der Waals surface area contributed by atoms with Crippen LogP contribution in [-0.2, 0) is 0 Å². The normalized spacial score (nSPS) is 17.1. The van der Waals surface area contributed by atoms with E-state index in [1.54, 1.807) is 6.33 Å². The van der Waals surface area contributed by atoms with Crippen LogP contribution in [0.4, 0.5) is 0 Å². The first-order valence-corrected chi connectivity index (χ1v) is 5.54. The number of rotatable bonds is 2. The number of aromatic nitrogens is 4. The van der Waals surface area contributed by atoms with Crippen LogP contribution in [0.15, 0.2) is 17.4 Å². The molecule has 72 valence electrons. The maximum Gasteiger partial charge on any atom is 0.277 e. The number of nitrogens with one attached hydrogen (secondary N) is 1. The van der Waals surface area contributed by atoms with Gasteiger partial charge in [0.05, 0.1) is 6.33 Å². The van der Waals surface area contributed by atoms with Crippen molar-refractivity contribution >= 4 is 19.9 Å². The van der Waals surface area contributed by atoms with Crippen molar-refractivity contribution in [3.63, 3.8) is 0 Å². The molecule has 0 spiro atoms. The second kappa shape index (κ2) is 2.89. The maximum atomic E-state index is 11.5. The van der Waals surface area contributed by atoms with Crippen LogP contribution in [-0.4, -0.2) is 24.9 Å². The number of hydrogen-bond acceptors (Lipinski definition) is 3. The Morgan fingerprint density at radius 1 is 1.50 bits per heavy atom. The summed E-state index contributed by atoms with van der Waals surface area (Å²) < 4.78 is 1.93. The van der Waals surface area contributed by atoms with Crippen LogP contribution in [0.1, 0.15) is 12.8 Å². The van der Waals surface area contributed by atoms with Crippen LogP contribution >= 0.6 is 8.73 Å². The van der Waals surface area contributed by atoms with Crippen molar-refractivity contribution in [1.82, 2.24) is 19.3 Å². The van der Waals surface area contributed by atoms with E-state index in [0.717, 1.165) is 5.66 Å². The molecule has 0 bridgehead atoms. The number of nitrogens with zero attached hydrogens (tertiary/aromatic N) is 3. The van der Waals surface area contributed by atoms with E-state index in [1.807, 2.05) is 4.34 Å². The van der Waals surface area contributed by atoms with E-state index in [9.17, 15) is 4.79 Å². The third-order valence-electron chi connectivity index (χ3n) is 2.24. The number of hydrogen-bond donors (Lipinski definition) is 1. The fourth-order valence-electron chi connectivity index (χ4n) is 1.37. The Morgan fingerprint density at radius 2 is 2.36 bits per heavy atom. The van der Waals surface area contributed by atoms with Crippen LogP contribution < -0.4 is 5.56 Å². The molecule has 2 aromatic rings. The highest BCUT2D eigenvalue weighted by atomic mass is 31.1. The molecular formula is C8H9N4OP. The van der Waals surface area contributed by atoms with Crippen LogP contribution in [0.5, 0.6) is 0 Å². The first-order valence-electron chi connectivity index (χ1n) is 4.52. The molecule has 1 unspecified atom stereocenters. The number of imidazole rings is 1. The summed E-state index contributed by atoms with van der Waals surface area (Å²) in [4.78, 5) is 22.2. The summed E-state index contributed by atoms with van der Waals surface area (Å²) in [6.45, 7) is 0. The molecule has 2 aromatic heterocycles. The summed E-state index contributed by atoms with van der Waals surface area (Å²) in [7, 11) is 0.641. The average molecular weight is 208 g/mol. The molecule has 1 fully saturated rings. The minimum atomic E-state index is -0.0966. The molecule has 0 amide bonds. The zero-order valence-electron chi connectivity index (χ0n) is 7.40. The van der Waals surface area contributed by atoms with E-state index >= 15 is 0 Å². The van der Waals surface area contributed by atoms with Gasteiger partial charge in [-0.05, 0) is 27.2 Å². The summed E-state index contributed by atoms with van der Waals surface area (Å²) >= 11 is 0. The van der Waals surface area contributed by atoms with Crippen molar-refractivity contribution in [2.24, 2.45) is 0 Å². The highest BCUT2D eigenvalue weighted by Crippen LogP contribution is 2.40. The molecule has 1 aliphatic rings. The average Bonchev–Trinajstić information content (AvgIpc) is 2.88. The molecule has 1 atom stereocenters. The van der Waals surface area contributed by atoms with Gasteiger partial charge >= 0.3 is 0 Å². The molecule has 0 radical (unpaired) electrons. The highest BCUT2D eigenvalue weighted by Gasteiger charge is 2.23. The summed E-state index contributed by atoms with van der Waals surface area (Å²) in [5.41, 5.74) is 1.81. The first-order chi connectivity index (χ1) is 6.84. The van der Waals surface area contributed by atoms with Crippen LogP contribution in [0, 0.1) is 0 Å². The molecule has 2 heterocycles. The topological polar surface area (TPSA) is 63.6 Å². The lowest BCUT2D eigenvalue weighted by molar-refractivity contribution is 1.15. The number of fused-ring (bicyclic) bond motifs is 1. The van der Waals surface area contributed by atoms with E-state index in [0.29, 0.717) is 19.9 Å². The van der Waals surface area contributed by atoms with Gasteiger partial charge < -0.3 is 9.32 Å². The quantitative estimate of drug-likeness (QED) is 0.739. The zero-order chi connectivity index (χ0) is 9.54. The minimum absolute atomic E-state index is 0.0966. The van der Waals surface area contributed by atoms with E-state index in [2.05, 4.69) is 15.0 Å². The summed E-state index contributed by atoms with van der Waals surface area (Å²) in [5.74, 6) is 0. The third-order valence-corrected chi connectivity index (χ3v) is 3.80. The van der Waals surface area contributed by atoms with Gasteiger partial charge in [0.15, 0.2) is 11.2 Å². The predicted octanol–water partition coefficient (Wildman–Crippen LogP) is 0.724. The molecular weight excluding hydrogens is 199 g/mol. The van der Waals surface area contributed by atoms with Crippen LogP contribution in [0.3, 0.4) is 0 Å². The molecule has 1 N–H and O–H groups in total. The zero-order valence-corrected chi connectivity index (χ0v) is 8.40. The molecule has 0 aliphatic heterocycles. The van der Waals surface area contributed by atoms with Gasteiger partial charge in [-0.1, -0.05) is 0 Å². The molecule has 3 rings (SSSR count). The van der Waals surface area contributed by atoms with Gasteiger partial charge in [0, 0.05) is 0 Å². The number of H-pyrrole nitrogens is 1. The van der Waals surface area contributed by atoms with E-state index in [1.165, 1.54) is 19.2 Å². The van der Waals surface area contributed by atoms with Crippen molar-refractivity contribution < 1.29 is 0 Å². The molecule has 5 nitrogen and oxygen atoms in total. The molecule has 0 aromatic carbocycles. The Balaban J connectivity index is 2.18. The molecule has 14 heavy (non-hydrogen) atoms. The minimum Gasteiger partial charge on any atom is -0.311 e. The highest BCUT2D eigenvalue weighted by molar-refractivity contribution is 7.37. The summed E-state index contributed by atoms with van der Waals surface area (Å²) in [5, 5.41) is 0. The van der Waals surface area contributed by atoms with Gasteiger partial charge in [0.25, 0.3) is 5.56 Å². The molecule has 1 saturated carbocycles. The number of aromatic amines is 1. The van der Waals surface area contributed by atoms with Crippen molar-refractivity contribution in [1.29, 1.82) is 0 Å². The van der Waals surface area contributed by atoms with Gasteiger partial charge in [0.1, 0.15) is 6.33 Å². The maximum absolute atomic E-state index is 11.5. The van der Waals surface area contributed by atoms with Gasteiger partial charge in [-0.25, -0.2) is 9.97 Å². The molecule has 1 aliphatic carbocycles. The Labute approximate surface area is 81.4 Å². The van der Waals surface area contributed by atoms with Crippen molar-refractivity contribution in [2.45, 2.75) is 18.5 Å². The second-order valence-electron chi connectivity index (χ2n) is 3.42. The van der Waals surface area contributed by atoms with Crippen molar-refractivity contribution in [2.75, 3.05) is 0 Å². The van der Waals surface area contributed by atoms with Gasteiger partial charge in [0.2, 0.25) is 0 Å². The van der Waals surface area contributed by atoms with Crippen LogP contribution in [0.25, 0.3) is 11.2 Å². The third kappa shape index (κ3) is 1.24. The van der Waals surface area contributed by atoms with E-state index < -0.39 is 0 Å². The fourth-order valence-corrected chi connectivity index (χ4v) is 2.65. The largest absolute Gasteiger partial charge is 0.311 e. The summed E-state index contributed by atoms with van der Waals surface area (Å²) in [6.07, 6.45) is 5.65.